The Morgan fingerprint density at radius 2 is 1.86 bits per heavy atom. The zero-order chi connectivity index (χ0) is 24.5. The maximum absolute atomic E-state index is 13.3. The molecule has 0 unspecified atom stereocenters. The lowest BCUT2D eigenvalue weighted by Crippen LogP contribution is -2.41. The smallest absolute Gasteiger partial charge is 0.219 e. The summed E-state index contributed by atoms with van der Waals surface area (Å²) in [5.74, 6) is 2.02. The number of fused-ring (bicyclic) bond motifs is 1. The summed E-state index contributed by atoms with van der Waals surface area (Å²) in [6.45, 7) is 7.89. The van der Waals surface area contributed by atoms with Crippen molar-refractivity contribution < 1.29 is 17.9 Å². The zero-order valence-corrected chi connectivity index (χ0v) is 22.3. The van der Waals surface area contributed by atoms with Crippen LogP contribution < -0.4 is 15.0 Å². The minimum atomic E-state index is -3.46. The van der Waals surface area contributed by atoms with Crippen LogP contribution in [0.1, 0.15) is 45.0 Å². The van der Waals surface area contributed by atoms with Gasteiger partial charge in [0.15, 0.2) is 21.5 Å². The molecule has 2 aliphatic heterocycles. The predicted molar refractivity (Wildman–Crippen MR) is 138 cm³/mol. The number of hydrogen-bond acceptors (Lipinski definition) is 8. The lowest BCUT2D eigenvalue weighted by molar-refractivity contribution is -0.129. The summed E-state index contributed by atoms with van der Waals surface area (Å²) in [5.41, 5.74) is 1.73. The minimum absolute atomic E-state index is 0. The highest BCUT2D eigenvalue weighted by Gasteiger charge is 2.33. The number of piperidine rings is 1. The van der Waals surface area contributed by atoms with Gasteiger partial charge in [-0.3, -0.25) is 4.79 Å². The third-order valence-corrected chi connectivity index (χ3v) is 8.67. The maximum Gasteiger partial charge on any atom is 0.219 e. The molecule has 1 aromatic heterocycles. The molecule has 11 heteroatoms. The van der Waals surface area contributed by atoms with Gasteiger partial charge in [-0.25, -0.2) is 18.4 Å². The number of carbonyl (C=O) groups excluding carboxylic acids is 1. The van der Waals surface area contributed by atoms with Crippen LogP contribution in [0.2, 0.25) is 0 Å². The first-order chi connectivity index (χ1) is 16.2. The second-order valence-electron chi connectivity index (χ2n) is 9.19. The van der Waals surface area contributed by atoms with Crippen molar-refractivity contribution in [3.63, 3.8) is 0 Å². The minimum Gasteiger partial charge on any atom is -0.497 e. The molecule has 4 rings (SSSR count). The van der Waals surface area contributed by atoms with Gasteiger partial charge in [0.1, 0.15) is 5.75 Å². The van der Waals surface area contributed by atoms with Crippen molar-refractivity contribution in [2.24, 2.45) is 0 Å². The van der Waals surface area contributed by atoms with Gasteiger partial charge >= 0.3 is 0 Å². The lowest BCUT2D eigenvalue weighted by Gasteiger charge is -2.35. The van der Waals surface area contributed by atoms with Crippen molar-refractivity contribution in [2.75, 3.05) is 37.0 Å². The molecule has 0 radical (unpaired) electrons. The highest BCUT2D eigenvalue weighted by molar-refractivity contribution is 7.92. The molecule has 0 spiro atoms. The van der Waals surface area contributed by atoms with Crippen LogP contribution >= 0.6 is 12.4 Å². The van der Waals surface area contributed by atoms with Gasteiger partial charge in [-0.2, -0.15) is 0 Å². The summed E-state index contributed by atoms with van der Waals surface area (Å²) in [6, 6.07) is 6.84. The molecule has 0 bridgehead atoms. The SMILES string of the molecule is COc1cccc(S(=O)(=O)C2CCN(c3nc4c(nc3NC(C)C)CCN(C(C)=O)C4)CC2)c1.Cl. The number of halogens is 1. The number of benzene rings is 1. The highest BCUT2D eigenvalue weighted by atomic mass is 35.5. The monoisotopic (exact) mass is 523 g/mol. The fourth-order valence-corrected chi connectivity index (χ4v) is 6.30. The van der Waals surface area contributed by atoms with Crippen molar-refractivity contribution in [3.05, 3.63) is 35.7 Å². The maximum atomic E-state index is 13.3. The molecule has 192 valence electrons. The fraction of sp³-hybridized carbons (Fsp3) is 0.542. The molecular formula is C24H34ClN5O4S. The van der Waals surface area contributed by atoms with Crippen molar-refractivity contribution in [3.8, 4) is 5.75 Å². The van der Waals surface area contributed by atoms with Gasteiger partial charge in [0.25, 0.3) is 0 Å². The molecule has 0 saturated carbocycles. The average Bonchev–Trinajstić information content (AvgIpc) is 2.83. The normalized spacial score (nSPS) is 16.5. The average molecular weight is 524 g/mol. The van der Waals surface area contributed by atoms with E-state index in [9.17, 15) is 13.2 Å². The van der Waals surface area contributed by atoms with Gasteiger partial charge in [0, 0.05) is 39.0 Å². The van der Waals surface area contributed by atoms with Gasteiger partial charge in [-0.05, 0) is 44.9 Å². The molecule has 1 saturated heterocycles. The first kappa shape index (κ1) is 27.0. The van der Waals surface area contributed by atoms with Gasteiger partial charge in [0.05, 0.1) is 35.2 Å². The number of nitrogens with zero attached hydrogens (tertiary/aromatic N) is 4. The van der Waals surface area contributed by atoms with E-state index in [-0.39, 0.29) is 24.4 Å². The number of ether oxygens (including phenoxy) is 1. The summed E-state index contributed by atoms with van der Waals surface area (Å²) < 4.78 is 31.7. The van der Waals surface area contributed by atoms with E-state index in [0.29, 0.717) is 56.1 Å². The van der Waals surface area contributed by atoms with Gasteiger partial charge in [0.2, 0.25) is 5.91 Å². The highest BCUT2D eigenvalue weighted by Crippen LogP contribution is 2.32. The fourth-order valence-electron chi connectivity index (χ4n) is 4.53. The molecule has 9 nitrogen and oxygen atoms in total. The standard InChI is InChI=1S/C24H33N5O4S.ClH/c1-16(2)25-23-24(27-22-15-29(17(3)30)13-10-21(22)26-23)28-11-8-19(9-12-28)34(31,32)20-7-5-6-18(14-20)33-4;/h5-7,14,16,19H,8-13,15H2,1-4H3,(H,25,26);1H. The van der Waals surface area contributed by atoms with Crippen molar-refractivity contribution >= 4 is 39.8 Å². The molecule has 0 atom stereocenters. The van der Waals surface area contributed by atoms with E-state index in [4.69, 9.17) is 14.7 Å². The van der Waals surface area contributed by atoms with Crippen LogP contribution in [0.3, 0.4) is 0 Å². The second kappa shape index (κ2) is 11.0. The zero-order valence-electron chi connectivity index (χ0n) is 20.7. The summed E-state index contributed by atoms with van der Waals surface area (Å²) >= 11 is 0. The topological polar surface area (TPSA) is 105 Å². The Labute approximate surface area is 213 Å². The van der Waals surface area contributed by atoms with Crippen molar-refractivity contribution in [1.82, 2.24) is 14.9 Å². The number of sulfone groups is 1. The van der Waals surface area contributed by atoms with E-state index in [1.54, 1.807) is 36.1 Å². The molecule has 1 fully saturated rings. The molecule has 1 aromatic carbocycles. The number of hydrogen-bond donors (Lipinski definition) is 1. The van der Waals surface area contributed by atoms with E-state index >= 15 is 0 Å². The second-order valence-corrected chi connectivity index (χ2v) is 11.4. The molecule has 1 amide bonds. The summed E-state index contributed by atoms with van der Waals surface area (Å²) in [4.78, 5) is 25.9. The molecule has 2 aromatic rings. The van der Waals surface area contributed by atoms with Gasteiger partial charge < -0.3 is 19.9 Å². The molecule has 1 N–H and O–H groups in total. The largest absolute Gasteiger partial charge is 0.497 e. The number of nitrogens with one attached hydrogen (secondary N) is 1. The van der Waals surface area contributed by atoms with Crippen LogP contribution in [0.4, 0.5) is 11.6 Å². The van der Waals surface area contributed by atoms with Crippen LogP contribution in [-0.4, -0.2) is 67.2 Å². The molecular weight excluding hydrogens is 490 g/mol. The Bertz CT molecular complexity index is 1170. The Morgan fingerprint density at radius 1 is 1.14 bits per heavy atom. The quantitative estimate of drug-likeness (QED) is 0.616. The van der Waals surface area contributed by atoms with Crippen LogP contribution in [0.5, 0.6) is 5.75 Å². The van der Waals surface area contributed by atoms with E-state index in [2.05, 4.69) is 24.1 Å². The van der Waals surface area contributed by atoms with Crippen molar-refractivity contribution in [1.29, 1.82) is 0 Å². The Morgan fingerprint density at radius 3 is 2.49 bits per heavy atom. The van der Waals surface area contributed by atoms with Crippen LogP contribution in [-0.2, 0) is 27.6 Å². The number of aromatic nitrogens is 2. The number of rotatable bonds is 6. The van der Waals surface area contributed by atoms with E-state index in [1.165, 1.54) is 7.11 Å². The first-order valence-electron chi connectivity index (χ1n) is 11.7. The van der Waals surface area contributed by atoms with E-state index < -0.39 is 15.1 Å². The Balaban J connectivity index is 0.00000342. The Kier molecular flexibility index (Phi) is 8.48. The molecule has 35 heavy (non-hydrogen) atoms. The van der Waals surface area contributed by atoms with E-state index in [1.807, 2.05) is 0 Å². The van der Waals surface area contributed by atoms with Crippen molar-refractivity contribution in [2.45, 2.75) is 62.8 Å². The number of amides is 1. The Hall–Kier alpha value is -2.59. The lowest BCUT2D eigenvalue weighted by atomic mass is 10.1. The van der Waals surface area contributed by atoms with Crippen LogP contribution in [0.25, 0.3) is 0 Å². The van der Waals surface area contributed by atoms with Gasteiger partial charge in [-0.1, -0.05) is 6.07 Å². The molecule has 0 aliphatic carbocycles. The van der Waals surface area contributed by atoms with Crippen LogP contribution in [0, 0.1) is 0 Å². The third kappa shape index (κ3) is 5.81. The summed E-state index contributed by atoms with van der Waals surface area (Å²) in [7, 11) is -1.93. The number of methoxy groups -OCH3 is 1. The van der Waals surface area contributed by atoms with E-state index in [0.717, 1.165) is 23.0 Å². The molecule has 3 heterocycles. The summed E-state index contributed by atoms with van der Waals surface area (Å²) in [5, 5.41) is 2.94. The van der Waals surface area contributed by atoms with Crippen LogP contribution in [0.15, 0.2) is 29.2 Å². The first-order valence-corrected chi connectivity index (χ1v) is 13.3. The third-order valence-electron chi connectivity index (χ3n) is 6.41. The summed E-state index contributed by atoms with van der Waals surface area (Å²) in [6.07, 6.45) is 1.67. The number of anilines is 2. The number of carbonyl (C=O) groups is 1. The predicted octanol–water partition coefficient (Wildman–Crippen LogP) is 3.07. The molecule has 2 aliphatic rings. The van der Waals surface area contributed by atoms with Gasteiger partial charge in [-0.15, -0.1) is 12.4 Å².